The zero-order valence-corrected chi connectivity index (χ0v) is 24.6. The molecule has 0 bridgehead atoms. The Balaban J connectivity index is 1.29. The Kier molecular flexibility index (Phi) is 6.87. The molecule has 0 saturated carbocycles. The third-order valence-electron chi connectivity index (χ3n) is 7.51. The van der Waals surface area contributed by atoms with Gasteiger partial charge in [0.25, 0.3) is 5.56 Å². The minimum Gasteiger partial charge on any atom is -0.493 e. The number of thiazole rings is 1. The molecule has 2 aromatic heterocycles. The second-order valence-corrected chi connectivity index (χ2v) is 12.3. The van der Waals surface area contributed by atoms with Gasteiger partial charge in [-0.3, -0.25) is 9.36 Å². The molecule has 2 aliphatic rings. The van der Waals surface area contributed by atoms with Crippen LogP contribution in [0.1, 0.15) is 39.6 Å². The van der Waals surface area contributed by atoms with E-state index in [1.807, 2.05) is 53.1 Å². The fourth-order valence-electron chi connectivity index (χ4n) is 5.53. The molecule has 204 valence electrons. The Morgan fingerprint density at radius 1 is 1.02 bits per heavy atom. The number of methoxy groups -OCH3 is 1. The molecule has 0 amide bonds. The number of rotatable bonds is 6. The molecule has 41 heavy (non-hydrogen) atoms. The summed E-state index contributed by atoms with van der Waals surface area (Å²) in [5.74, 6) is 1.19. The molecule has 0 saturated heterocycles. The number of nitrogens with zero attached hydrogens (tertiary/aromatic N) is 2. The van der Waals surface area contributed by atoms with Gasteiger partial charge in [-0.25, -0.2) is 4.99 Å². The number of aryl methyl sites for hydroxylation is 1. The standard InChI is InChI=1S/C33H25ClN2O3S2/c1-38-27-17-20(12-15-26(27)39-19-22-8-3-5-10-25(22)34)18-29-32(37)36-31(28-11-6-16-40-28)24-14-13-21-7-2-4-9-23(21)30(24)35-33(36)41-29/h2-12,15-18,31H,13-14,19H2,1H3/b29-18+/t31-/m0/s1. The van der Waals surface area contributed by atoms with E-state index >= 15 is 0 Å². The van der Waals surface area contributed by atoms with Crippen LogP contribution in [-0.2, 0) is 13.0 Å². The van der Waals surface area contributed by atoms with Crippen molar-refractivity contribution in [2.24, 2.45) is 4.99 Å². The van der Waals surface area contributed by atoms with E-state index in [4.69, 9.17) is 26.1 Å². The lowest BCUT2D eigenvalue weighted by Gasteiger charge is -2.30. The van der Waals surface area contributed by atoms with Crippen molar-refractivity contribution in [1.29, 1.82) is 0 Å². The molecule has 0 radical (unpaired) electrons. The van der Waals surface area contributed by atoms with Crippen LogP contribution in [0.3, 0.4) is 0 Å². The zero-order chi connectivity index (χ0) is 27.9. The summed E-state index contributed by atoms with van der Waals surface area (Å²) in [6, 6.07) is 25.8. The monoisotopic (exact) mass is 596 g/mol. The van der Waals surface area contributed by atoms with Crippen molar-refractivity contribution in [3.63, 3.8) is 0 Å². The van der Waals surface area contributed by atoms with Crippen molar-refractivity contribution < 1.29 is 9.47 Å². The van der Waals surface area contributed by atoms with Crippen molar-refractivity contribution in [3.8, 4) is 11.5 Å². The smallest absolute Gasteiger partial charge is 0.271 e. The summed E-state index contributed by atoms with van der Waals surface area (Å²) < 4.78 is 14.2. The predicted molar refractivity (Wildman–Crippen MR) is 166 cm³/mol. The highest BCUT2D eigenvalue weighted by molar-refractivity contribution is 7.10. The average Bonchev–Trinajstić information content (AvgIpc) is 3.64. The van der Waals surface area contributed by atoms with Crippen molar-refractivity contribution in [3.05, 3.63) is 142 Å². The van der Waals surface area contributed by atoms with Crippen LogP contribution < -0.4 is 24.4 Å². The molecule has 0 fully saturated rings. The zero-order valence-electron chi connectivity index (χ0n) is 22.2. The molecule has 1 atom stereocenters. The van der Waals surface area contributed by atoms with Crippen LogP contribution in [0.5, 0.6) is 11.5 Å². The van der Waals surface area contributed by atoms with E-state index in [0.29, 0.717) is 27.7 Å². The van der Waals surface area contributed by atoms with Crippen LogP contribution >= 0.6 is 34.3 Å². The normalized spacial score (nSPS) is 16.0. The van der Waals surface area contributed by atoms with E-state index in [-0.39, 0.29) is 11.6 Å². The molecule has 5 nitrogen and oxygen atoms in total. The first-order valence-corrected chi connectivity index (χ1v) is 15.4. The quantitative estimate of drug-likeness (QED) is 0.221. The van der Waals surface area contributed by atoms with Gasteiger partial charge in [0.1, 0.15) is 6.61 Å². The molecule has 8 heteroatoms. The molecule has 0 unspecified atom stereocenters. The lowest BCUT2D eigenvalue weighted by atomic mass is 9.85. The summed E-state index contributed by atoms with van der Waals surface area (Å²) in [7, 11) is 1.61. The first kappa shape index (κ1) is 26.0. The third-order valence-corrected chi connectivity index (χ3v) is 9.79. The van der Waals surface area contributed by atoms with Gasteiger partial charge >= 0.3 is 0 Å². The molecule has 1 aliphatic carbocycles. The first-order valence-electron chi connectivity index (χ1n) is 13.3. The maximum Gasteiger partial charge on any atom is 0.271 e. The van der Waals surface area contributed by atoms with E-state index in [9.17, 15) is 4.79 Å². The fraction of sp³-hybridized carbons (Fsp3) is 0.152. The lowest BCUT2D eigenvalue weighted by molar-refractivity contribution is 0.284. The molecular weight excluding hydrogens is 572 g/mol. The number of thiophene rings is 1. The number of halogens is 1. The number of ether oxygens (including phenoxy) is 2. The summed E-state index contributed by atoms with van der Waals surface area (Å²) >= 11 is 9.40. The minimum absolute atomic E-state index is 0.0319. The number of hydrogen-bond donors (Lipinski definition) is 0. The van der Waals surface area contributed by atoms with Crippen LogP contribution in [0.15, 0.2) is 99.6 Å². The topological polar surface area (TPSA) is 52.8 Å². The molecule has 0 spiro atoms. The van der Waals surface area contributed by atoms with Crippen LogP contribution in [-0.4, -0.2) is 11.7 Å². The average molecular weight is 597 g/mol. The van der Waals surface area contributed by atoms with Crippen molar-refractivity contribution in [1.82, 2.24) is 4.57 Å². The molecule has 5 aromatic rings. The van der Waals surface area contributed by atoms with Gasteiger partial charge in [0.2, 0.25) is 0 Å². The highest BCUT2D eigenvalue weighted by Crippen LogP contribution is 2.42. The van der Waals surface area contributed by atoms with Crippen LogP contribution in [0.25, 0.3) is 11.8 Å². The Morgan fingerprint density at radius 3 is 2.71 bits per heavy atom. The highest BCUT2D eigenvalue weighted by Gasteiger charge is 2.33. The van der Waals surface area contributed by atoms with Gasteiger partial charge in [-0.05, 0) is 65.3 Å². The lowest BCUT2D eigenvalue weighted by Crippen LogP contribution is -2.38. The second-order valence-electron chi connectivity index (χ2n) is 9.92. The molecule has 7 rings (SSSR count). The summed E-state index contributed by atoms with van der Waals surface area (Å²) in [5, 5.41) is 2.73. The number of hydrogen-bond acceptors (Lipinski definition) is 6. The van der Waals surface area contributed by atoms with E-state index < -0.39 is 0 Å². The SMILES string of the molecule is COc1cc(/C=c2/sc3n(c2=O)[C@H](c2cccs2)C2=C(N=3)c3ccccc3CC2)ccc1OCc1ccccc1Cl. The van der Waals surface area contributed by atoms with Crippen molar-refractivity contribution in [2.75, 3.05) is 7.11 Å². The second kappa shape index (κ2) is 10.8. The summed E-state index contributed by atoms with van der Waals surface area (Å²) in [5.41, 5.74) is 6.42. The van der Waals surface area contributed by atoms with E-state index in [2.05, 4.69) is 41.8 Å². The Bertz CT molecular complexity index is 1990. The van der Waals surface area contributed by atoms with E-state index in [0.717, 1.165) is 39.3 Å². The van der Waals surface area contributed by atoms with Crippen LogP contribution in [0.4, 0.5) is 0 Å². The van der Waals surface area contributed by atoms with E-state index in [1.165, 1.54) is 28.0 Å². The molecular formula is C33H25ClN2O3S2. The maximum absolute atomic E-state index is 14.0. The Hall–Kier alpha value is -3.91. The predicted octanol–water partition coefficient (Wildman–Crippen LogP) is 6.62. The van der Waals surface area contributed by atoms with Gasteiger partial charge in [-0.1, -0.05) is 77.5 Å². The van der Waals surface area contributed by atoms with Crippen LogP contribution in [0.2, 0.25) is 5.02 Å². The largest absolute Gasteiger partial charge is 0.493 e. The maximum atomic E-state index is 14.0. The van der Waals surface area contributed by atoms with Gasteiger partial charge in [0.15, 0.2) is 16.3 Å². The van der Waals surface area contributed by atoms with Gasteiger partial charge in [-0.15, -0.1) is 11.3 Å². The Labute approximate surface area is 249 Å². The van der Waals surface area contributed by atoms with Gasteiger partial charge < -0.3 is 9.47 Å². The number of aromatic nitrogens is 1. The fourth-order valence-corrected chi connectivity index (χ4v) is 7.57. The molecule has 3 heterocycles. The molecule has 1 aliphatic heterocycles. The summed E-state index contributed by atoms with van der Waals surface area (Å²) in [6.07, 6.45) is 3.74. The van der Waals surface area contributed by atoms with E-state index in [1.54, 1.807) is 18.4 Å². The summed E-state index contributed by atoms with van der Waals surface area (Å²) in [6.45, 7) is 0.324. The number of fused-ring (bicyclic) bond motifs is 3. The number of allylic oxidation sites excluding steroid dienone is 1. The number of benzene rings is 3. The minimum atomic E-state index is -0.146. The molecule has 0 N–H and O–H groups in total. The highest BCUT2D eigenvalue weighted by atomic mass is 35.5. The van der Waals surface area contributed by atoms with Crippen molar-refractivity contribution in [2.45, 2.75) is 25.5 Å². The Morgan fingerprint density at radius 2 is 1.88 bits per heavy atom. The van der Waals surface area contributed by atoms with Gasteiger partial charge in [0, 0.05) is 21.0 Å². The summed E-state index contributed by atoms with van der Waals surface area (Å²) in [4.78, 5) is 20.9. The van der Waals surface area contributed by atoms with Crippen molar-refractivity contribution >= 4 is 46.0 Å². The molecule has 3 aromatic carbocycles. The van der Waals surface area contributed by atoms with Crippen LogP contribution in [0, 0.1) is 0 Å². The van der Waals surface area contributed by atoms with Gasteiger partial charge in [-0.2, -0.15) is 0 Å². The first-order chi connectivity index (χ1) is 20.1. The third kappa shape index (κ3) is 4.74. The van der Waals surface area contributed by atoms with Gasteiger partial charge in [0.05, 0.1) is 23.4 Å².